The first-order chi connectivity index (χ1) is 8.66. The number of hydrogen-bond donors (Lipinski definition) is 1. The highest BCUT2D eigenvalue weighted by Crippen LogP contribution is 2.31. The molecule has 0 bridgehead atoms. The summed E-state index contributed by atoms with van der Waals surface area (Å²) in [6.07, 6.45) is 0. The molecular formula is C11H8F2N2OS2. The number of amides is 1. The highest BCUT2D eigenvalue weighted by molar-refractivity contribution is 7.99. The molecule has 1 aromatic heterocycles. The minimum atomic E-state index is -2.53. The van der Waals surface area contributed by atoms with Crippen molar-refractivity contribution < 1.29 is 13.6 Å². The van der Waals surface area contributed by atoms with E-state index in [1.807, 2.05) is 0 Å². The smallest absolute Gasteiger partial charge is 0.288 e. The van der Waals surface area contributed by atoms with Gasteiger partial charge < -0.3 is 5.32 Å². The number of alkyl halides is 2. The van der Waals surface area contributed by atoms with E-state index in [-0.39, 0.29) is 5.69 Å². The topological polar surface area (TPSA) is 42.0 Å². The van der Waals surface area contributed by atoms with Crippen molar-refractivity contribution in [3.8, 4) is 0 Å². The number of nitrogens with one attached hydrogen (secondary N) is 1. The summed E-state index contributed by atoms with van der Waals surface area (Å²) in [5.41, 5.74) is 2.17. The van der Waals surface area contributed by atoms with Gasteiger partial charge in [0.05, 0.1) is 11.2 Å². The Morgan fingerprint density at radius 1 is 1.39 bits per heavy atom. The van der Waals surface area contributed by atoms with E-state index >= 15 is 0 Å². The van der Waals surface area contributed by atoms with Gasteiger partial charge in [-0.2, -0.15) is 8.78 Å². The van der Waals surface area contributed by atoms with Gasteiger partial charge in [0.25, 0.3) is 11.7 Å². The molecule has 0 aliphatic heterocycles. The molecule has 2 aromatic rings. The van der Waals surface area contributed by atoms with Gasteiger partial charge in [0.2, 0.25) is 0 Å². The molecular weight excluding hydrogens is 278 g/mol. The molecule has 0 saturated heterocycles. The summed E-state index contributed by atoms with van der Waals surface area (Å²) in [6, 6.07) is 6.43. The average molecular weight is 286 g/mol. The molecule has 0 saturated carbocycles. The van der Waals surface area contributed by atoms with Crippen LogP contribution in [-0.4, -0.2) is 16.6 Å². The van der Waals surface area contributed by atoms with Gasteiger partial charge in [0.1, 0.15) is 5.69 Å². The highest BCUT2D eigenvalue weighted by Gasteiger charge is 2.13. The minimum absolute atomic E-state index is 0.275. The van der Waals surface area contributed by atoms with E-state index < -0.39 is 11.7 Å². The fourth-order valence-electron chi connectivity index (χ4n) is 1.28. The van der Waals surface area contributed by atoms with Gasteiger partial charge in [-0.25, -0.2) is 4.98 Å². The van der Waals surface area contributed by atoms with Gasteiger partial charge in [-0.15, -0.1) is 11.3 Å². The second-order valence-corrected chi connectivity index (χ2v) is 4.95. The third kappa shape index (κ3) is 3.27. The Bertz CT molecular complexity index is 532. The molecule has 7 heteroatoms. The number of thioether (sulfide) groups is 1. The van der Waals surface area contributed by atoms with Crippen LogP contribution in [0, 0.1) is 0 Å². The predicted octanol–water partition coefficient (Wildman–Crippen LogP) is 3.71. The van der Waals surface area contributed by atoms with Crippen molar-refractivity contribution in [3.05, 3.63) is 40.8 Å². The molecule has 0 aliphatic carbocycles. The van der Waals surface area contributed by atoms with E-state index in [0.717, 1.165) is 0 Å². The predicted molar refractivity (Wildman–Crippen MR) is 68.4 cm³/mol. The first-order valence-corrected chi connectivity index (χ1v) is 6.72. The normalized spacial score (nSPS) is 10.6. The van der Waals surface area contributed by atoms with Crippen molar-refractivity contribution in [1.29, 1.82) is 0 Å². The number of benzene rings is 1. The lowest BCUT2D eigenvalue weighted by Crippen LogP contribution is -2.12. The fraction of sp³-hybridized carbons (Fsp3) is 0.0909. The quantitative estimate of drug-likeness (QED) is 0.871. The molecule has 2 rings (SSSR count). The first-order valence-electron chi connectivity index (χ1n) is 4.90. The van der Waals surface area contributed by atoms with Crippen LogP contribution in [0.25, 0.3) is 0 Å². The second kappa shape index (κ2) is 5.92. The van der Waals surface area contributed by atoms with Gasteiger partial charge in [-0.3, -0.25) is 4.79 Å². The number of aromatic nitrogens is 1. The molecule has 0 unspecified atom stereocenters. The zero-order valence-electron chi connectivity index (χ0n) is 8.97. The zero-order chi connectivity index (χ0) is 13.0. The average Bonchev–Trinajstić information content (AvgIpc) is 2.84. The van der Waals surface area contributed by atoms with E-state index in [9.17, 15) is 13.6 Å². The van der Waals surface area contributed by atoms with Crippen LogP contribution in [0.4, 0.5) is 14.5 Å². The summed E-state index contributed by atoms with van der Waals surface area (Å²) >= 11 is 1.69. The van der Waals surface area contributed by atoms with Crippen molar-refractivity contribution >= 4 is 34.7 Å². The van der Waals surface area contributed by atoms with Gasteiger partial charge in [-0.05, 0) is 12.1 Å². The van der Waals surface area contributed by atoms with Crippen LogP contribution in [0.3, 0.4) is 0 Å². The summed E-state index contributed by atoms with van der Waals surface area (Å²) in [5, 5.41) is 4.16. The zero-order valence-corrected chi connectivity index (χ0v) is 10.6. The van der Waals surface area contributed by atoms with Crippen molar-refractivity contribution in [2.75, 3.05) is 5.32 Å². The fourth-order valence-corrected chi connectivity index (χ4v) is 2.41. The van der Waals surface area contributed by atoms with Crippen LogP contribution in [0.2, 0.25) is 0 Å². The lowest BCUT2D eigenvalue weighted by molar-refractivity contribution is 0.102. The largest absolute Gasteiger partial charge is 0.320 e. The molecule has 1 heterocycles. The van der Waals surface area contributed by atoms with E-state index in [4.69, 9.17) is 0 Å². The number of nitrogens with zero attached hydrogens (tertiary/aromatic N) is 1. The van der Waals surface area contributed by atoms with Crippen LogP contribution < -0.4 is 5.32 Å². The van der Waals surface area contributed by atoms with Crippen molar-refractivity contribution in [3.63, 3.8) is 0 Å². The van der Waals surface area contributed by atoms with Crippen molar-refractivity contribution in [2.24, 2.45) is 0 Å². The molecule has 3 nitrogen and oxygen atoms in total. The molecule has 94 valence electrons. The van der Waals surface area contributed by atoms with Gasteiger partial charge in [-0.1, -0.05) is 23.9 Å². The molecule has 1 aromatic carbocycles. The standard InChI is InChI=1S/C11H8F2N2OS2/c12-11(13)18-9-4-2-1-3-7(9)15-10(16)8-5-17-6-14-8/h1-6,11H,(H,15,16). The van der Waals surface area contributed by atoms with E-state index in [0.29, 0.717) is 22.3 Å². The van der Waals surface area contributed by atoms with Crippen LogP contribution in [0.1, 0.15) is 10.5 Å². The van der Waals surface area contributed by atoms with Gasteiger partial charge >= 0.3 is 0 Å². The van der Waals surface area contributed by atoms with E-state index in [1.54, 1.807) is 23.6 Å². The Labute approximate surface area is 110 Å². The van der Waals surface area contributed by atoms with Gasteiger partial charge in [0, 0.05) is 10.3 Å². The summed E-state index contributed by atoms with van der Waals surface area (Å²) in [7, 11) is 0. The molecule has 1 N–H and O–H groups in total. The van der Waals surface area contributed by atoms with Crippen LogP contribution in [-0.2, 0) is 0 Å². The molecule has 1 amide bonds. The third-order valence-corrected chi connectivity index (χ3v) is 3.39. The molecule has 0 atom stereocenters. The lowest BCUT2D eigenvalue weighted by atomic mass is 10.3. The molecule has 0 radical (unpaired) electrons. The first kappa shape index (κ1) is 13.0. The van der Waals surface area contributed by atoms with E-state index in [2.05, 4.69) is 10.3 Å². The Morgan fingerprint density at radius 2 is 2.17 bits per heavy atom. The second-order valence-electron chi connectivity index (χ2n) is 3.20. The number of halogens is 2. The number of rotatable bonds is 4. The Kier molecular flexibility index (Phi) is 4.27. The number of anilines is 1. The maximum absolute atomic E-state index is 12.4. The number of carbonyl (C=O) groups excluding carboxylic acids is 1. The Morgan fingerprint density at radius 3 is 2.83 bits per heavy atom. The summed E-state index contributed by atoms with van der Waals surface area (Å²) in [5.74, 6) is -2.93. The maximum Gasteiger partial charge on any atom is 0.288 e. The lowest BCUT2D eigenvalue weighted by Gasteiger charge is -2.09. The van der Waals surface area contributed by atoms with Gasteiger partial charge in [0.15, 0.2) is 0 Å². The van der Waals surface area contributed by atoms with Crippen LogP contribution in [0.15, 0.2) is 40.1 Å². The molecule has 0 spiro atoms. The van der Waals surface area contributed by atoms with E-state index in [1.165, 1.54) is 22.9 Å². The number of carbonyl (C=O) groups is 1. The summed E-state index contributed by atoms with van der Waals surface area (Å²) in [6.45, 7) is 0. The third-order valence-electron chi connectivity index (χ3n) is 2.02. The molecule has 18 heavy (non-hydrogen) atoms. The Balaban J connectivity index is 2.16. The van der Waals surface area contributed by atoms with Crippen LogP contribution >= 0.6 is 23.1 Å². The number of hydrogen-bond acceptors (Lipinski definition) is 4. The Hall–Kier alpha value is -1.47. The van der Waals surface area contributed by atoms with Crippen molar-refractivity contribution in [2.45, 2.75) is 10.7 Å². The molecule has 0 aliphatic rings. The number of para-hydroxylation sites is 1. The van der Waals surface area contributed by atoms with Crippen LogP contribution in [0.5, 0.6) is 0 Å². The van der Waals surface area contributed by atoms with Crippen molar-refractivity contribution in [1.82, 2.24) is 4.98 Å². The SMILES string of the molecule is O=C(Nc1ccccc1SC(F)F)c1cscn1. The summed E-state index contributed by atoms with van der Waals surface area (Å²) in [4.78, 5) is 15.9. The summed E-state index contributed by atoms with van der Waals surface area (Å²) < 4.78 is 24.7. The molecule has 0 fully saturated rings. The minimum Gasteiger partial charge on any atom is -0.320 e. The monoisotopic (exact) mass is 286 g/mol. The highest BCUT2D eigenvalue weighted by atomic mass is 32.2. The maximum atomic E-state index is 12.4. The number of thiazole rings is 1.